The molecule has 1 N–H and O–H groups in total. The third-order valence-corrected chi connectivity index (χ3v) is 5.01. The van der Waals surface area contributed by atoms with Crippen molar-refractivity contribution in [2.24, 2.45) is 0 Å². The van der Waals surface area contributed by atoms with Crippen molar-refractivity contribution >= 4 is 22.7 Å². The summed E-state index contributed by atoms with van der Waals surface area (Å²) in [5, 5.41) is 0.771. The van der Waals surface area contributed by atoms with Crippen LogP contribution in [-0.2, 0) is 4.74 Å². The lowest BCUT2D eigenvalue weighted by Gasteiger charge is -2.18. The molecule has 0 saturated heterocycles. The number of ketones is 1. The second-order valence-electron chi connectivity index (χ2n) is 6.91. The molecule has 0 saturated carbocycles. The summed E-state index contributed by atoms with van der Waals surface area (Å²) >= 11 is 0. The number of methoxy groups -OCH3 is 2. The number of ether oxygens (including phenoxy) is 3. The second kappa shape index (κ2) is 8.75. The van der Waals surface area contributed by atoms with E-state index >= 15 is 0 Å². The van der Waals surface area contributed by atoms with Gasteiger partial charge in [-0.15, -0.1) is 0 Å². The van der Waals surface area contributed by atoms with Gasteiger partial charge in [0.2, 0.25) is 5.78 Å². The highest BCUT2D eigenvalue weighted by Crippen LogP contribution is 2.29. The maximum Gasteiger partial charge on any atom is 0.339 e. The molecule has 1 heterocycles. The lowest BCUT2D eigenvalue weighted by Crippen LogP contribution is -2.20. The Labute approximate surface area is 179 Å². The van der Waals surface area contributed by atoms with Gasteiger partial charge in [0.25, 0.3) is 0 Å². The largest absolute Gasteiger partial charge is 0.497 e. The molecule has 0 fully saturated rings. The molecule has 6 nitrogen and oxygen atoms in total. The number of fused-ring (bicyclic) bond motifs is 1. The van der Waals surface area contributed by atoms with Gasteiger partial charge in [-0.05, 0) is 18.2 Å². The Morgan fingerprint density at radius 2 is 1.48 bits per heavy atom. The molecule has 0 radical (unpaired) electrons. The van der Waals surface area contributed by atoms with E-state index in [2.05, 4.69) is 4.98 Å². The Morgan fingerprint density at radius 1 is 0.839 bits per heavy atom. The fraction of sp³-hybridized carbons (Fsp3) is 0.120. The summed E-state index contributed by atoms with van der Waals surface area (Å²) in [4.78, 5) is 29.6. The molecule has 4 aromatic rings. The van der Waals surface area contributed by atoms with Crippen LogP contribution in [0.25, 0.3) is 10.9 Å². The number of carbonyl (C=O) groups excluding carboxylic acids is 2. The van der Waals surface area contributed by atoms with Gasteiger partial charge in [0, 0.05) is 34.3 Å². The fourth-order valence-electron chi connectivity index (χ4n) is 3.42. The molecular weight excluding hydrogens is 394 g/mol. The highest BCUT2D eigenvalue weighted by Gasteiger charge is 2.29. The number of hydrogen-bond acceptors (Lipinski definition) is 5. The molecule has 3 aromatic carbocycles. The number of rotatable bonds is 7. The number of hydrogen-bond donors (Lipinski definition) is 1. The molecule has 156 valence electrons. The second-order valence-corrected chi connectivity index (χ2v) is 6.91. The van der Waals surface area contributed by atoms with Crippen LogP contribution in [0, 0.1) is 0 Å². The molecule has 0 bridgehead atoms. The van der Waals surface area contributed by atoms with Crippen LogP contribution >= 0.6 is 0 Å². The fourth-order valence-corrected chi connectivity index (χ4v) is 3.42. The summed E-state index contributed by atoms with van der Waals surface area (Å²) < 4.78 is 16.2. The first-order valence-corrected chi connectivity index (χ1v) is 9.70. The van der Waals surface area contributed by atoms with E-state index in [4.69, 9.17) is 14.2 Å². The molecule has 0 unspecified atom stereocenters. The Bertz CT molecular complexity index is 1210. The molecule has 6 heteroatoms. The van der Waals surface area contributed by atoms with Crippen molar-refractivity contribution in [1.82, 2.24) is 4.98 Å². The van der Waals surface area contributed by atoms with Crippen LogP contribution in [0.5, 0.6) is 11.5 Å². The molecule has 0 aliphatic rings. The van der Waals surface area contributed by atoms with Gasteiger partial charge in [0.15, 0.2) is 6.10 Å². The molecule has 4 rings (SSSR count). The van der Waals surface area contributed by atoms with Gasteiger partial charge >= 0.3 is 5.97 Å². The van der Waals surface area contributed by atoms with Gasteiger partial charge < -0.3 is 19.2 Å². The maximum absolute atomic E-state index is 13.5. The SMILES string of the molecule is COc1cc(OC)cc(C(=O)O[C@@H](C(=O)c2c[nH]c3ccccc23)c2ccccc2)c1. The Morgan fingerprint density at radius 3 is 2.16 bits per heavy atom. The number of aromatic nitrogens is 1. The summed E-state index contributed by atoms with van der Waals surface area (Å²) in [6, 6.07) is 21.2. The number of Topliss-reactive ketones (excluding diaryl/α,β-unsaturated/α-hetero) is 1. The number of benzene rings is 3. The lowest BCUT2D eigenvalue weighted by atomic mass is 9.99. The summed E-state index contributed by atoms with van der Waals surface area (Å²) in [6.45, 7) is 0. The van der Waals surface area contributed by atoms with Crippen LogP contribution in [0.1, 0.15) is 32.4 Å². The van der Waals surface area contributed by atoms with Gasteiger partial charge in [-0.1, -0.05) is 48.5 Å². The zero-order valence-corrected chi connectivity index (χ0v) is 17.1. The van der Waals surface area contributed by atoms with E-state index in [0.29, 0.717) is 22.6 Å². The zero-order chi connectivity index (χ0) is 21.8. The Kier molecular flexibility index (Phi) is 5.71. The van der Waals surface area contributed by atoms with Gasteiger partial charge in [0.05, 0.1) is 19.8 Å². The third-order valence-electron chi connectivity index (χ3n) is 5.01. The first-order valence-electron chi connectivity index (χ1n) is 9.70. The predicted octanol–water partition coefficient (Wildman–Crippen LogP) is 4.97. The van der Waals surface area contributed by atoms with E-state index in [1.54, 1.807) is 48.7 Å². The van der Waals surface area contributed by atoms with Crippen molar-refractivity contribution in [3.05, 3.63) is 95.7 Å². The monoisotopic (exact) mass is 415 g/mol. The average Bonchev–Trinajstić information content (AvgIpc) is 3.26. The number of esters is 1. The number of carbonyl (C=O) groups is 2. The van der Waals surface area contributed by atoms with Gasteiger partial charge in [-0.2, -0.15) is 0 Å². The van der Waals surface area contributed by atoms with Crippen LogP contribution in [-0.4, -0.2) is 31.0 Å². The van der Waals surface area contributed by atoms with Crippen LogP contribution in [0.2, 0.25) is 0 Å². The number of nitrogens with one attached hydrogen (secondary N) is 1. The summed E-state index contributed by atoms with van der Waals surface area (Å²) in [6.07, 6.45) is 0.538. The first kappa shape index (κ1) is 20.2. The van der Waals surface area contributed by atoms with E-state index in [-0.39, 0.29) is 11.3 Å². The minimum Gasteiger partial charge on any atom is -0.497 e. The van der Waals surface area contributed by atoms with E-state index < -0.39 is 12.1 Å². The summed E-state index contributed by atoms with van der Waals surface area (Å²) in [5.41, 5.74) is 2.10. The van der Waals surface area contributed by atoms with Crippen molar-refractivity contribution in [3.8, 4) is 11.5 Å². The van der Waals surface area contributed by atoms with E-state index in [0.717, 1.165) is 10.9 Å². The summed E-state index contributed by atoms with van der Waals surface area (Å²) in [5.74, 6) is -0.0675. The third kappa shape index (κ3) is 4.14. The molecule has 0 spiro atoms. The maximum atomic E-state index is 13.5. The molecule has 0 aliphatic heterocycles. The van der Waals surface area contributed by atoms with Crippen LogP contribution in [0.4, 0.5) is 0 Å². The van der Waals surface area contributed by atoms with Gasteiger partial charge in [0.1, 0.15) is 11.5 Å². The summed E-state index contributed by atoms with van der Waals surface area (Å²) in [7, 11) is 2.99. The Balaban J connectivity index is 1.71. The minimum atomic E-state index is -1.11. The predicted molar refractivity (Wildman–Crippen MR) is 117 cm³/mol. The standard InChI is InChI=1S/C25H21NO5/c1-29-18-12-17(13-19(14-18)30-2)25(28)31-24(16-8-4-3-5-9-16)23(27)21-15-26-22-11-7-6-10-20(21)22/h3-15,24,26H,1-2H3/t24-/m1/s1. The molecule has 0 amide bonds. The highest BCUT2D eigenvalue weighted by molar-refractivity contribution is 6.11. The van der Waals surface area contributed by atoms with Crippen molar-refractivity contribution in [2.75, 3.05) is 14.2 Å². The van der Waals surface area contributed by atoms with E-state index in [9.17, 15) is 9.59 Å². The van der Waals surface area contributed by atoms with E-state index in [1.165, 1.54) is 14.2 Å². The van der Waals surface area contributed by atoms with Crippen molar-refractivity contribution < 1.29 is 23.8 Å². The molecule has 0 aliphatic carbocycles. The first-order chi connectivity index (χ1) is 15.1. The van der Waals surface area contributed by atoms with Crippen LogP contribution in [0.15, 0.2) is 79.0 Å². The van der Waals surface area contributed by atoms with Crippen molar-refractivity contribution in [3.63, 3.8) is 0 Å². The molecule has 1 atom stereocenters. The number of aromatic amines is 1. The van der Waals surface area contributed by atoms with Crippen molar-refractivity contribution in [2.45, 2.75) is 6.10 Å². The molecule has 1 aromatic heterocycles. The van der Waals surface area contributed by atoms with E-state index in [1.807, 2.05) is 30.3 Å². The molecule has 31 heavy (non-hydrogen) atoms. The Hall–Kier alpha value is -4.06. The van der Waals surface area contributed by atoms with Crippen LogP contribution < -0.4 is 9.47 Å². The number of H-pyrrole nitrogens is 1. The lowest BCUT2D eigenvalue weighted by molar-refractivity contribution is 0.0280. The zero-order valence-electron chi connectivity index (χ0n) is 17.1. The normalized spacial score (nSPS) is 11.7. The smallest absolute Gasteiger partial charge is 0.339 e. The van der Waals surface area contributed by atoms with Gasteiger partial charge in [-0.3, -0.25) is 4.79 Å². The van der Waals surface area contributed by atoms with Crippen LogP contribution in [0.3, 0.4) is 0 Å². The quantitative estimate of drug-likeness (QED) is 0.341. The van der Waals surface area contributed by atoms with Gasteiger partial charge in [-0.25, -0.2) is 4.79 Å². The highest BCUT2D eigenvalue weighted by atomic mass is 16.5. The number of para-hydroxylation sites is 1. The topological polar surface area (TPSA) is 77.6 Å². The average molecular weight is 415 g/mol. The minimum absolute atomic E-state index is 0.226. The molecular formula is C25H21NO5. The van der Waals surface area contributed by atoms with Crippen molar-refractivity contribution in [1.29, 1.82) is 0 Å².